The first-order valence-electron chi connectivity index (χ1n) is 5.84. The molecule has 1 rings (SSSR count). The molecule has 0 radical (unpaired) electrons. The fourth-order valence-corrected chi connectivity index (χ4v) is 1.66. The first-order chi connectivity index (χ1) is 7.99. The fourth-order valence-electron chi connectivity index (χ4n) is 1.66. The Balaban J connectivity index is 3.10. The zero-order valence-electron chi connectivity index (χ0n) is 10.8. The largest absolute Gasteiger partial charge is 0.426 e. The highest BCUT2D eigenvalue weighted by atomic mass is 16.5. The maximum atomic E-state index is 11.6. The zero-order chi connectivity index (χ0) is 13.0. The lowest BCUT2D eigenvalue weighted by atomic mass is 10.0. The molecule has 1 aromatic rings. The number of benzene rings is 1. The fraction of sp³-hybridized carbons (Fsp3) is 0.429. The lowest BCUT2D eigenvalue weighted by molar-refractivity contribution is -0.134. The van der Waals surface area contributed by atoms with Crippen molar-refractivity contribution in [3.8, 4) is 5.75 Å². The Morgan fingerprint density at radius 3 is 2.00 bits per heavy atom. The van der Waals surface area contributed by atoms with E-state index in [1.165, 1.54) is 0 Å². The Kier molecular flexibility index (Phi) is 4.44. The highest BCUT2D eigenvalue weighted by Crippen LogP contribution is 2.25. The molecule has 0 fully saturated rings. The third-order valence-corrected chi connectivity index (χ3v) is 2.61. The van der Waals surface area contributed by atoms with Crippen LogP contribution in [0.15, 0.2) is 12.1 Å². The Morgan fingerprint density at radius 2 is 1.59 bits per heavy atom. The summed E-state index contributed by atoms with van der Waals surface area (Å²) in [5, 5.41) is 0. The van der Waals surface area contributed by atoms with Crippen molar-refractivity contribution in [3.63, 3.8) is 0 Å². The standard InChI is InChI=1S/C14H18O3/c1-5-12(15)11-7-9(3)14(10(4)8-11)17-13(16)6-2/h7-8H,5-6H2,1-4H3. The molecule has 0 aliphatic rings. The summed E-state index contributed by atoms with van der Waals surface area (Å²) in [5.74, 6) is 0.417. The van der Waals surface area contributed by atoms with Gasteiger partial charge in [0.25, 0.3) is 0 Å². The Labute approximate surface area is 102 Å². The van der Waals surface area contributed by atoms with Gasteiger partial charge in [0.05, 0.1) is 0 Å². The van der Waals surface area contributed by atoms with E-state index in [1.807, 2.05) is 20.8 Å². The van der Waals surface area contributed by atoms with E-state index in [0.29, 0.717) is 24.2 Å². The molecule has 17 heavy (non-hydrogen) atoms. The summed E-state index contributed by atoms with van der Waals surface area (Å²) in [7, 11) is 0. The summed E-state index contributed by atoms with van der Waals surface area (Å²) >= 11 is 0. The summed E-state index contributed by atoms with van der Waals surface area (Å²) in [5.41, 5.74) is 2.32. The zero-order valence-corrected chi connectivity index (χ0v) is 10.8. The number of carbonyl (C=O) groups is 2. The average Bonchev–Trinajstić information content (AvgIpc) is 2.32. The van der Waals surface area contributed by atoms with Crippen molar-refractivity contribution >= 4 is 11.8 Å². The average molecular weight is 234 g/mol. The summed E-state index contributed by atoms with van der Waals surface area (Å²) < 4.78 is 5.24. The monoisotopic (exact) mass is 234 g/mol. The molecule has 0 heterocycles. The van der Waals surface area contributed by atoms with Gasteiger partial charge in [-0.05, 0) is 37.1 Å². The molecule has 1 aromatic carbocycles. The maximum Gasteiger partial charge on any atom is 0.310 e. The van der Waals surface area contributed by atoms with Crippen LogP contribution in [0.1, 0.15) is 48.2 Å². The van der Waals surface area contributed by atoms with Gasteiger partial charge in [0, 0.05) is 18.4 Å². The van der Waals surface area contributed by atoms with Crippen molar-refractivity contribution in [1.82, 2.24) is 0 Å². The normalized spacial score (nSPS) is 10.1. The number of Topliss-reactive ketones (excluding diaryl/α,β-unsaturated/α-hetero) is 1. The third kappa shape index (κ3) is 3.16. The molecule has 0 N–H and O–H groups in total. The second kappa shape index (κ2) is 5.62. The van der Waals surface area contributed by atoms with Gasteiger partial charge in [0.2, 0.25) is 0 Å². The van der Waals surface area contributed by atoms with E-state index in [4.69, 9.17) is 4.74 Å². The van der Waals surface area contributed by atoms with E-state index in [1.54, 1.807) is 19.1 Å². The highest BCUT2D eigenvalue weighted by molar-refractivity contribution is 5.96. The van der Waals surface area contributed by atoms with Crippen LogP contribution in [-0.4, -0.2) is 11.8 Å². The molecule has 0 aromatic heterocycles. The predicted molar refractivity (Wildman–Crippen MR) is 66.5 cm³/mol. The van der Waals surface area contributed by atoms with Crippen molar-refractivity contribution in [2.45, 2.75) is 40.5 Å². The van der Waals surface area contributed by atoms with Gasteiger partial charge in [-0.3, -0.25) is 9.59 Å². The number of aryl methyl sites for hydroxylation is 2. The van der Waals surface area contributed by atoms with E-state index in [9.17, 15) is 9.59 Å². The van der Waals surface area contributed by atoms with E-state index >= 15 is 0 Å². The molecule has 0 spiro atoms. The molecule has 0 saturated carbocycles. The minimum Gasteiger partial charge on any atom is -0.426 e. The third-order valence-electron chi connectivity index (χ3n) is 2.61. The molecule has 0 atom stereocenters. The Hall–Kier alpha value is -1.64. The molecule has 0 amide bonds. The smallest absolute Gasteiger partial charge is 0.310 e. The number of hydrogen-bond donors (Lipinski definition) is 0. The summed E-state index contributed by atoms with van der Waals surface area (Å²) in [6.07, 6.45) is 0.821. The molecular formula is C14H18O3. The molecule has 0 aliphatic heterocycles. The lowest BCUT2D eigenvalue weighted by Gasteiger charge is -2.11. The van der Waals surface area contributed by atoms with E-state index < -0.39 is 0 Å². The van der Waals surface area contributed by atoms with Gasteiger partial charge < -0.3 is 4.74 Å². The number of rotatable bonds is 4. The lowest BCUT2D eigenvalue weighted by Crippen LogP contribution is -2.09. The van der Waals surface area contributed by atoms with Crippen LogP contribution >= 0.6 is 0 Å². The molecule has 0 unspecified atom stereocenters. The number of hydrogen-bond acceptors (Lipinski definition) is 3. The number of ketones is 1. The van der Waals surface area contributed by atoms with Crippen molar-refractivity contribution in [2.24, 2.45) is 0 Å². The second-order valence-corrected chi connectivity index (χ2v) is 4.04. The van der Waals surface area contributed by atoms with Gasteiger partial charge in [0.1, 0.15) is 5.75 Å². The Bertz CT molecular complexity index is 424. The van der Waals surface area contributed by atoms with Crippen LogP contribution < -0.4 is 4.74 Å². The van der Waals surface area contributed by atoms with Gasteiger partial charge in [-0.1, -0.05) is 13.8 Å². The van der Waals surface area contributed by atoms with Crippen LogP contribution in [0.3, 0.4) is 0 Å². The van der Waals surface area contributed by atoms with Gasteiger partial charge in [-0.2, -0.15) is 0 Å². The van der Waals surface area contributed by atoms with Gasteiger partial charge in [-0.15, -0.1) is 0 Å². The molecule has 3 heteroatoms. The Morgan fingerprint density at radius 1 is 1.06 bits per heavy atom. The van der Waals surface area contributed by atoms with Crippen LogP contribution in [0, 0.1) is 13.8 Å². The molecule has 0 saturated heterocycles. The SMILES string of the molecule is CCC(=O)Oc1c(C)cc(C(=O)CC)cc1C. The molecular weight excluding hydrogens is 216 g/mol. The van der Waals surface area contributed by atoms with Crippen LogP contribution in [0.4, 0.5) is 0 Å². The first kappa shape index (κ1) is 13.4. The minimum absolute atomic E-state index is 0.101. The number of esters is 1. The number of carbonyl (C=O) groups excluding carboxylic acids is 2. The molecule has 0 bridgehead atoms. The van der Waals surface area contributed by atoms with Crippen molar-refractivity contribution in [2.75, 3.05) is 0 Å². The van der Waals surface area contributed by atoms with Crippen LogP contribution in [0.5, 0.6) is 5.75 Å². The van der Waals surface area contributed by atoms with Crippen LogP contribution in [-0.2, 0) is 4.79 Å². The highest BCUT2D eigenvalue weighted by Gasteiger charge is 2.12. The summed E-state index contributed by atoms with van der Waals surface area (Å²) in [4.78, 5) is 22.9. The van der Waals surface area contributed by atoms with Gasteiger partial charge in [-0.25, -0.2) is 0 Å². The van der Waals surface area contributed by atoms with Crippen LogP contribution in [0.25, 0.3) is 0 Å². The quantitative estimate of drug-likeness (QED) is 0.456. The molecule has 3 nitrogen and oxygen atoms in total. The minimum atomic E-state index is -0.259. The number of ether oxygens (including phenoxy) is 1. The predicted octanol–water partition coefficient (Wildman–Crippen LogP) is 3.21. The van der Waals surface area contributed by atoms with E-state index in [-0.39, 0.29) is 11.8 Å². The summed E-state index contributed by atoms with van der Waals surface area (Å²) in [6, 6.07) is 3.55. The van der Waals surface area contributed by atoms with Crippen molar-refractivity contribution < 1.29 is 14.3 Å². The van der Waals surface area contributed by atoms with Gasteiger partial charge >= 0.3 is 5.97 Å². The van der Waals surface area contributed by atoms with E-state index in [0.717, 1.165) is 11.1 Å². The van der Waals surface area contributed by atoms with Gasteiger partial charge in [0.15, 0.2) is 5.78 Å². The van der Waals surface area contributed by atoms with Crippen molar-refractivity contribution in [3.05, 3.63) is 28.8 Å². The maximum absolute atomic E-state index is 11.6. The van der Waals surface area contributed by atoms with Crippen molar-refractivity contribution in [1.29, 1.82) is 0 Å². The van der Waals surface area contributed by atoms with E-state index in [2.05, 4.69) is 0 Å². The molecule has 0 aliphatic carbocycles. The second-order valence-electron chi connectivity index (χ2n) is 4.04. The summed E-state index contributed by atoms with van der Waals surface area (Å²) in [6.45, 7) is 7.27. The first-order valence-corrected chi connectivity index (χ1v) is 5.84. The molecule has 92 valence electrons. The topological polar surface area (TPSA) is 43.4 Å². The van der Waals surface area contributed by atoms with Crippen LogP contribution in [0.2, 0.25) is 0 Å².